The number of ether oxygens (including phenoxy) is 1. The Bertz CT molecular complexity index is 634. The third kappa shape index (κ3) is 4.44. The van der Waals surface area contributed by atoms with Crippen molar-refractivity contribution in [1.29, 1.82) is 0 Å². The summed E-state index contributed by atoms with van der Waals surface area (Å²) in [4.78, 5) is 15.7. The number of para-hydroxylation sites is 1. The van der Waals surface area contributed by atoms with Crippen LogP contribution in [0.5, 0.6) is 11.6 Å². The van der Waals surface area contributed by atoms with Gasteiger partial charge in [-0.2, -0.15) is 0 Å². The van der Waals surface area contributed by atoms with Gasteiger partial charge in [0.1, 0.15) is 0 Å². The third-order valence-electron chi connectivity index (χ3n) is 2.87. The van der Waals surface area contributed by atoms with E-state index in [9.17, 15) is 9.18 Å². The quantitative estimate of drug-likeness (QED) is 0.861. The maximum atomic E-state index is 13.6. The normalized spacial score (nSPS) is 10.1. The number of hydrogen-bond acceptors (Lipinski definition) is 3. The fraction of sp³-hybridized carbons (Fsp3) is 0.250. The molecule has 2 N–H and O–H groups in total. The zero-order valence-electron chi connectivity index (χ0n) is 12.3. The van der Waals surface area contributed by atoms with E-state index in [4.69, 9.17) is 4.74 Å². The summed E-state index contributed by atoms with van der Waals surface area (Å²) in [5.74, 6) is -0.103. The van der Waals surface area contributed by atoms with Gasteiger partial charge >= 0.3 is 6.03 Å². The molecule has 0 saturated carbocycles. The van der Waals surface area contributed by atoms with Gasteiger partial charge in [-0.3, -0.25) is 0 Å². The number of hydrogen-bond donors (Lipinski definition) is 2. The summed E-state index contributed by atoms with van der Waals surface area (Å²) >= 11 is 0. The first-order valence-corrected chi connectivity index (χ1v) is 7.08. The Hall–Kier alpha value is -2.63. The highest BCUT2D eigenvalue weighted by atomic mass is 19.1. The largest absolute Gasteiger partial charge is 0.436 e. The van der Waals surface area contributed by atoms with Crippen molar-refractivity contribution in [2.45, 2.75) is 19.9 Å². The van der Waals surface area contributed by atoms with Crippen molar-refractivity contribution in [3.8, 4) is 11.6 Å². The Labute approximate surface area is 128 Å². The minimum absolute atomic E-state index is 0.0953. The molecule has 0 unspecified atom stereocenters. The van der Waals surface area contributed by atoms with Crippen molar-refractivity contribution >= 4 is 6.03 Å². The van der Waals surface area contributed by atoms with Crippen LogP contribution in [0.4, 0.5) is 9.18 Å². The summed E-state index contributed by atoms with van der Waals surface area (Å²) in [6, 6.07) is 9.34. The summed E-state index contributed by atoms with van der Waals surface area (Å²) in [5.41, 5.74) is 0.664. The maximum absolute atomic E-state index is 13.6. The maximum Gasteiger partial charge on any atom is 0.315 e. The molecule has 0 atom stereocenters. The van der Waals surface area contributed by atoms with Gasteiger partial charge in [0.15, 0.2) is 11.6 Å². The number of urea groups is 1. The molecule has 0 fully saturated rings. The number of nitrogens with one attached hydrogen (secondary N) is 2. The Kier molecular flexibility index (Phi) is 5.71. The van der Waals surface area contributed by atoms with E-state index in [0.29, 0.717) is 12.1 Å². The van der Waals surface area contributed by atoms with Crippen LogP contribution in [0, 0.1) is 5.82 Å². The van der Waals surface area contributed by atoms with Gasteiger partial charge in [0.25, 0.3) is 0 Å². The van der Waals surface area contributed by atoms with Gasteiger partial charge in [0, 0.05) is 24.8 Å². The monoisotopic (exact) mass is 303 g/mol. The molecule has 2 rings (SSSR count). The molecule has 0 aliphatic heterocycles. The van der Waals surface area contributed by atoms with E-state index < -0.39 is 5.82 Å². The number of halogens is 1. The fourth-order valence-corrected chi connectivity index (χ4v) is 1.76. The van der Waals surface area contributed by atoms with Gasteiger partial charge in [0.2, 0.25) is 5.88 Å². The average Bonchev–Trinajstić information content (AvgIpc) is 2.54. The molecule has 2 amide bonds. The smallest absolute Gasteiger partial charge is 0.315 e. The average molecular weight is 303 g/mol. The summed E-state index contributed by atoms with van der Waals surface area (Å²) in [7, 11) is 0. The van der Waals surface area contributed by atoms with Gasteiger partial charge in [-0.15, -0.1) is 0 Å². The van der Waals surface area contributed by atoms with Crippen LogP contribution in [-0.4, -0.2) is 17.6 Å². The number of aromatic nitrogens is 1. The number of rotatable bonds is 6. The van der Waals surface area contributed by atoms with Crippen molar-refractivity contribution in [3.05, 3.63) is 54.0 Å². The molecule has 0 spiro atoms. The van der Waals surface area contributed by atoms with Gasteiger partial charge < -0.3 is 15.4 Å². The van der Waals surface area contributed by atoms with Gasteiger partial charge in [-0.1, -0.05) is 25.1 Å². The highest BCUT2D eigenvalue weighted by Gasteiger charge is 2.10. The SMILES string of the molecule is CCCNC(=O)NCc1cccnc1Oc1ccccc1F. The van der Waals surface area contributed by atoms with Gasteiger partial charge in [0.05, 0.1) is 0 Å². The third-order valence-corrected chi connectivity index (χ3v) is 2.87. The van der Waals surface area contributed by atoms with Crippen LogP contribution in [0.3, 0.4) is 0 Å². The molecule has 5 nitrogen and oxygen atoms in total. The summed E-state index contributed by atoms with van der Waals surface area (Å²) in [5, 5.41) is 5.42. The highest BCUT2D eigenvalue weighted by molar-refractivity contribution is 5.73. The molecule has 0 radical (unpaired) electrons. The Morgan fingerprint density at radius 1 is 1.23 bits per heavy atom. The summed E-state index contributed by atoms with van der Waals surface area (Å²) in [6.45, 7) is 2.83. The first-order valence-electron chi connectivity index (χ1n) is 7.08. The molecular weight excluding hydrogens is 285 g/mol. The topological polar surface area (TPSA) is 63.2 Å². The van der Waals surface area contributed by atoms with E-state index in [0.717, 1.165) is 6.42 Å². The molecule has 0 bridgehead atoms. The number of pyridine rings is 1. The fourth-order valence-electron chi connectivity index (χ4n) is 1.76. The molecule has 0 saturated heterocycles. The number of carbonyl (C=O) groups excluding carboxylic acids is 1. The van der Waals surface area contributed by atoms with Gasteiger partial charge in [-0.05, 0) is 24.6 Å². The van der Waals surface area contributed by atoms with Crippen molar-refractivity contribution in [1.82, 2.24) is 15.6 Å². The molecule has 1 aromatic carbocycles. The minimum Gasteiger partial charge on any atom is -0.436 e. The van der Waals surface area contributed by atoms with Crippen molar-refractivity contribution in [3.63, 3.8) is 0 Å². The van der Waals surface area contributed by atoms with Crippen LogP contribution >= 0.6 is 0 Å². The molecule has 0 aliphatic rings. The molecule has 0 aliphatic carbocycles. The van der Waals surface area contributed by atoms with E-state index in [-0.39, 0.29) is 24.2 Å². The zero-order chi connectivity index (χ0) is 15.8. The van der Waals surface area contributed by atoms with Crippen molar-refractivity contribution in [2.75, 3.05) is 6.54 Å². The van der Waals surface area contributed by atoms with Crippen LogP contribution < -0.4 is 15.4 Å². The highest BCUT2D eigenvalue weighted by Crippen LogP contribution is 2.25. The predicted octanol–water partition coefficient (Wildman–Crippen LogP) is 3.22. The standard InChI is InChI=1S/C16H18FN3O2/c1-2-9-19-16(21)20-11-12-6-5-10-18-15(12)22-14-8-4-3-7-13(14)17/h3-8,10H,2,9,11H2,1H3,(H2,19,20,21). The molecule has 22 heavy (non-hydrogen) atoms. The first kappa shape index (κ1) is 15.8. The van der Waals surface area contributed by atoms with E-state index in [1.165, 1.54) is 12.1 Å². The van der Waals surface area contributed by atoms with E-state index in [2.05, 4.69) is 15.6 Å². The Balaban J connectivity index is 2.04. The molecular formula is C16H18FN3O2. The Morgan fingerprint density at radius 3 is 2.82 bits per heavy atom. The van der Waals surface area contributed by atoms with E-state index in [1.54, 1.807) is 30.5 Å². The lowest BCUT2D eigenvalue weighted by Crippen LogP contribution is -2.35. The van der Waals surface area contributed by atoms with E-state index >= 15 is 0 Å². The number of amides is 2. The van der Waals surface area contributed by atoms with Crippen LogP contribution in [0.1, 0.15) is 18.9 Å². The van der Waals surface area contributed by atoms with Gasteiger partial charge in [-0.25, -0.2) is 14.2 Å². The predicted molar refractivity (Wildman–Crippen MR) is 81.2 cm³/mol. The second kappa shape index (κ2) is 7.97. The van der Waals surface area contributed by atoms with Crippen LogP contribution in [0.2, 0.25) is 0 Å². The Morgan fingerprint density at radius 2 is 2.05 bits per heavy atom. The number of benzene rings is 1. The molecule has 6 heteroatoms. The lowest BCUT2D eigenvalue weighted by Gasteiger charge is -2.11. The summed E-state index contributed by atoms with van der Waals surface area (Å²) in [6.07, 6.45) is 2.42. The second-order valence-electron chi connectivity index (χ2n) is 4.61. The second-order valence-corrected chi connectivity index (χ2v) is 4.61. The molecule has 116 valence electrons. The van der Waals surface area contributed by atoms with E-state index in [1.807, 2.05) is 6.92 Å². The number of carbonyl (C=O) groups is 1. The minimum atomic E-state index is -0.465. The van der Waals surface area contributed by atoms with Crippen LogP contribution in [-0.2, 0) is 6.54 Å². The number of nitrogens with zero attached hydrogens (tertiary/aromatic N) is 1. The lowest BCUT2D eigenvalue weighted by atomic mass is 10.2. The molecule has 1 heterocycles. The molecule has 2 aromatic rings. The first-order chi connectivity index (χ1) is 10.7. The van der Waals surface area contributed by atoms with Crippen molar-refractivity contribution < 1.29 is 13.9 Å². The van der Waals surface area contributed by atoms with Crippen LogP contribution in [0.15, 0.2) is 42.6 Å². The zero-order valence-corrected chi connectivity index (χ0v) is 12.3. The molecule has 1 aromatic heterocycles. The van der Waals surface area contributed by atoms with Crippen LogP contribution in [0.25, 0.3) is 0 Å². The lowest BCUT2D eigenvalue weighted by molar-refractivity contribution is 0.240. The summed E-state index contributed by atoms with van der Waals surface area (Å²) < 4.78 is 19.1. The van der Waals surface area contributed by atoms with Crippen molar-refractivity contribution in [2.24, 2.45) is 0 Å².